The summed E-state index contributed by atoms with van der Waals surface area (Å²) < 4.78 is 32.4. The highest BCUT2D eigenvalue weighted by Gasteiger charge is 2.43. The Bertz CT molecular complexity index is 1550. The molecule has 0 aliphatic carbocycles. The minimum absolute atomic E-state index is 0.119. The first-order valence-corrected chi connectivity index (χ1v) is 12.2. The molecule has 0 saturated heterocycles. The van der Waals surface area contributed by atoms with E-state index in [1.54, 1.807) is 0 Å². The predicted octanol–water partition coefficient (Wildman–Crippen LogP) is 3.76. The second-order valence-electron chi connectivity index (χ2n) is 8.06. The van der Waals surface area contributed by atoms with Gasteiger partial charge in [-0.1, -0.05) is 72.8 Å². The van der Waals surface area contributed by atoms with Gasteiger partial charge in [0.25, 0.3) is 5.56 Å². The summed E-state index contributed by atoms with van der Waals surface area (Å²) >= 11 is 0. The third kappa shape index (κ3) is 3.54. The third-order valence-corrected chi connectivity index (χ3v) is 7.81. The van der Waals surface area contributed by atoms with Gasteiger partial charge in [-0.2, -0.15) is 0 Å². The molecule has 7 heteroatoms. The number of esters is 1. The van der Waals surface area contributed by atoms with Gasteiger partial charge in [-0.25, -0.2) is 13.2 Å². The molecule has 0 N–H and O–H groups in total. The Balaban J connectivity index is 1.81. The fourth-order valence-electron chi connectivity index (χ4n) is 4.62. The van der Waals surface area contributed by atoms with Crippen molar-refractivity contribution in [3.05, 3.63) is 100 Å². The summed E-state index contributed by atoms with van der Waals surface area (Å²) in [5.41, 5.74) is 2.17. The highest BCUT2D eigenvalue weighted by atomic mass is 32.2. The lowest BCUT2D eigenvalue weighted by Gasteiger charge is -2.17. The number of ether oxygens (including phenoxy) is 1. The van der Waals surface area contributed by atoms with Crippen LogP contribution in [0.5, 0.6) is 0 Å². The zero-order chi connectivity index (χ0) is 23.2. The molecule has 0 spiro atoms. The van der Waals surface area contributed by atoms with Crippen LogP contribution in [0.3, 0.4) is 0 Å². The van der Waals surface area contributed by atoms with Crippen molar-refractivity contribution < 1.29 is 17.9 Å². The van der Waals surface area contributed by atoms with Crippen LogP contribution in [0.25, 0.3) is 21.9 Å². The highest BCUT2D eigenvalue weighted by molar-refractivity contribution is 7.91. The van der Waals surface area contributed by atoms with Crippen LogP contribution in [-0.2, 0) is 25.8 Å². The number of aromatic nitrogens is 1. The fourth-order valence-corrected chi connectivity index (χ4v) is 6.56. The van der Waals surface area contributed by atoms with E-state index in [1.807, 2.05) is 72.8 Å². The highest BCUT2D eigenvalue weighted by Crippen LogP contribution is 2.38. The second kappa shape index (κ2) is 8.01. The van der Waals surface area contributed by atoms with Gasteiger partial charge in [-0.15, -0.1) is 0 Å². The lowest BCUT2D eigenvalue weighted by molar-refractivity contribution is -0.143. The summed E-state index contributed by atoms with van der Waals surface area (Å²) in [5, 5.41) is 1.98. The molecular weight excluding hydrogens is 438 g/mol. The predicted molar refractivity (Wildman–Crippen MR) is 126 cm³/mol. The normalized spacial score (nSPS) is 16.5. The van der Waals surface area contributed by atoms with E-state index in [9.17, 15) is 18.0 Å². The van der Waals surface area contributed by atoms with Crippen molar-refractivity contribution in [2.45, 2.75) is 17.5 Å². The van der Waals surface area contributed by atoms with Crippen LogP contribution >= 0.6 is 0 Å². The van der Waals surface area contributed by atoms with Gasteiger partial charge in [0, 0.05) is 11.6 Å². The van der Waals surface area contributed by atoms with Gasteiger partial charge in [0.05, 0.1) is 12.9 Å². The minimum Gasteiger partial charge on any atom is -0.467 e. The number of rotatable bonds is 4. The van der Waals surface area contributed by atoms with Crippen LogP contribution in [0.1, 0.15) is 17.2 Å². The van der Waals surface area contributed by atoms with Crippen molar-refractivity contribution in [2.24, 2.45) is 0 Å². The Morgan fingerprint density at radius 1 is 0.970 bits per heavy atom. The maximum Gasteiger partial charge on any atom is 0.330 e. The second-order valence-corrected chi connectivity index (χ2v) is 10.0. The Morgan fingerprint density at radius 2 is 1.67 bits per heavy atom. The number of pyridine rings is 1. The van der Waals surface area contributed by atoms with Crippen LogP contribution in [0.15, 0.2) is 88.7 Å². The average Bonchev–Trinajstić information content (AvgIpc) is 3.11. The van der Waals surface area contributed by atoms with E-state index >= 15 is 0 Å². The first-order valence-electron chi connectivity index (χ1n) is 10.5. The number of sulfone groups is 1. The quantitative estimate of drug-likeness (QED) is 0.434. The van der Waals surface area contributed by atoms with Gasteiger partial charge in [0.15, 0.2) is 9.84 Å². The van der Waals surface area contributed by atoms with E-state index in [1.165, 1.54) is 13.2 Å². The van der Waals surface area contributed by atoms with Crippen molar-refractivity contribution in [1.82, 2.24) is 4.57 Å². The lowest BCUT2D eigenvalue weighted by Crippen LogP contribution is -2.30. The molecule has 0 amide bonds. The maximum absolute atomic E-state index is 13.3. The average molecular weight is 460 g/mol. The van der Waals surface area contributed by atoms with E-state index in [0.717, 1.165) is 20.9 Å². The smallest absolute Gasteiger partial charge is 0.330 e. The molecule has 6 nitrogen and oxygen atoms in total. The van der Waals surface area contributed by atoms with Crippen LogP contribution < -0.4 is 5.56 Å². The van der Waals surface area contributed by atoms with Gasteiger partial charge in [0.2, 0.25) is 0 Å². The Kier molecular flexibility index (Phi) is 5.13. The SMILES string of the molecule is COC(=O)C1CS(=O)(=O)c2c(-c3ccccc3)c(Cc3cccc4ccccc34)cc(=O)n21. The number of benzene rings is 3. The number of carbonyl (C=O) groups excluding carboxylic acids is 1. The zero-order valence-electron chi connectivity index (χ0n) is 17.9. The molecule has 5 rings (SSSR count). The number of methoxy groups -OCH3 is 1. The van der Waals surface area contributed by atoms with Crippen molar-refractivity contribution >= 4 is 26.6 Å². The van der Waals surface area contributed by atoms with Gasteiger partial charge in [-0.05, 0) is 33.9 Å². The third-order valence-electron chi connectivity index (χ3n) is 6.07. The van der Waals surface area contributed by atoms with E-state index in [4.69, 9.17) is 4.74 Å². The summed E-state index contributed by atoms with van der Waals surface area (Å²) in [5.74, 6) is -1.24. The van der Waals surface area contributed by atoms with E-state index in [0.29, 0.717) is 23.1 Å². The molecule has 1 atom stereocenters. The van der Waals surface area contributed by atoms with E-state index < -0.39 is 33.2 Å². The number of nitrogens with zero attached hydrogens (tertiary/aromatic N) is 1. The van der Waals surface area contributed by atoms with E-state index in [-0.39, 0.29) is 5.03 Å². The molecule has 166 valence electrons. The van der Waals surface area contributed by atoms with Crippen LogP contribution in [0, 0.1) is 0 Å². The van der Waals surface area contributed by atoms with Crippen molar-refractivity contribution in [2.75, 3.05) is 12.9 Å². The molecule has 0 saturated carbocycles. The van der Waals surface area contributed by atoms with Crippen LogP contribution in [-0.4, -0.2) is 31.8 Å². The molecule has 33 heavy (non-hydrogen) atoms. The van der Waals surface area contributed by atoms with Gasteiger partial charge in [0.1, 0.15) is 11.1 Å². The molecule has 1 aliphatic rings. The Hall–Kier alpha value is -3.71. The molecule has 1 unspecified atom stereocenters. The first kappa shape index (κ1) is 21.2. The Morgan fingerprint density at radius 3 is 2.42 bits per heavy atom. The van der Waals surface area contributed by atoms with Crippen molar-refractivity contribution in [3.63, 3.8) is 0 Å². The zero-order valence-corrected chi connectivity index (χ0v) is 18.7. The molecule has 4 aromatic rings. The fraction of sp³-hybridized carbons (Fsp3) is 0.154. The molecular formula is C26H21NO5S. The van der Waals surface area contributed by atoms with Gasteiger partial charge in [-0.3, -0.25) is 9.36 Å². The summed E-state index contributed by atoms with van der Waals surface area (Å²) in [6.45, 7) is 0. The summed E-state index contributed by atoms with van der Waals surface area (Å²) in [6.07, 6.45) is 0.368. The first-order chi connectivity index (χ1) is 15.9. The summed E-state index contributed by atoms with van der Waals surface area (Å²) in [6, 6.07) is 23.2. The maximum atomic E-state index is 13.3. The van der Waals surface area contributed by atoms with Crippen LogP contribution in [0.4, 0.5) is 0 Å². The largest absolute Gasteiger partial charge is 0.467 e. The van der Waals surface area contributed by atoms with Crippen LogP contribution in [0.2, 0.25) is 0 Å². The summed E-state index contributed by atoms with van der Waals surface area (Å²) in [4.78, 5) is 25.5. The summed E-state index contributed by atoms with van der Waals surface area (Å²) in [7, 11) is -2.72. The molecule has 0 radical (unpaired) electrons. The molecule has 0 bridgehead atoms. The monoisotopic (exact) mass is 459 g/mol. The van der Waals surface area contributed by atoms with E-state index in [2.05, 4.69) is 0 Å². The number of carbonyl (C=O) groups is 1. The lowest BCUT2D eigenvalue weighted by atomic mass is 9.93. The molecule has 3 aromatic carbocycles. The van der Waals surface area contributed by atoms with Gasteiger partial charge >= 0.3 is 5.97 Å². The number of fused-ring (bicyclic) bond motifs is 2. The topological polar surface area (TPSA) is 82.4 Å². The molecule has 2 heterocycles. The van der Waals surface area contributed by atoms with Crippen molar-refractivity contribution in [3.8, 4) is 11.1 Å². The van der Waals surface area contributed by atoms with Crippen molar-refractivity contribution in [1.29, 1.82) is 0 Å². The standard InChI is InChI=1S/C26H21NO5S/c1-32-26(29)22-16-33(30,31)25-24(18-9-3-2-4-10-18)20(15-23(28)27(22)25)14-19-12-7-11-17-8-5-6-13-21(17)19/h2-13,15,22H,14,16H2,1H3. The molecule has 0 fully saturated rings. The molecule has 1 aromatic heterocycles. The Labute approximate surface area is 191 Å². The number of hydrogen-bond acceptors (Lipinski definition) is 5. The van der Waals surface area contributed by atoms with Gasteiger partial charge < -0.3 is 4.74 Å². The molecule has 1 aliphatic heterocycles. The minimum atomic E-state index is -3.91. The number of hydrogen-bond donors (Lipinski definition) is 0.